The Balaban J connectivity index is 1.98. The number of hydrogen-bond donors (Lipinski definition) is 7. The van der Waals surface area contributed by atoms with Crippen molar-refractivity contribution in [2.45, 2.75) is 69.3 Å². The van der Waals surface area contributed by atoms with Gasteiger partial charge in [-0.2, -0.15) is 42.1 Å². The van der Waals surface area contributed by atoms with E-state index in [4.69, 9.17) is 0 Å². The largest absolute Gasteiger partial charge is 0.481 e. The molecule has 0 aromatic heterocycles. The van der Waals surface area contributed by atoms with E-state index < -0.39 is 104 Å². The molecule has 0 saturated carbocycles. The van der Waals surface area contributed by atoms with Crippen LogP contribution in [0.1, 0.15) is 57.2 Å². The van der Waals surface area contributed by atoms with Gasteiger partial charge in [-0.3, -0.25) is 27.6 Å². The van der Waals surface area contributed by atoms with Crippen LogP contribution in [0.2, 0.25) is 13.1 Å². The standard InChI is InChI=1S/C35H47N3O17S5Si/c1-34(2)16-21(19-57(44,45)46)23-12-25-29(14-27(23)37(34)9-7-8-31(39)40)61(5,6)30-15-28-24(13-26(30)33(25)36-18-32(59(50,51)52)60(53,54)55)22(20-58(47,48)49)17-35(3,4)38(28)10-11-56(41,42)43/h12-17,32H,7-11,18-20H2,1-6H3,(H6,39,40,41,42,43,44,45,46,47,48,49,50,51,52,53,54,55)/p+1. The summed E-state index contributed by atoms with van der Waals surface area (Å²) in [6.07, 6.45) is 3.01. The quantitative estimate of drug-likeness (QED) is 0.0593. The molecular formula is C35H48N3O17S5Si+. The molecule has 0 spiro atoms. The van der Waals surface area contributed by atoms with E-state index in [1.54, 1.807) is 50.5 Å². The Kier molecular flexibility index (Phi) is 12.6. The summed E-state index contributed by atoms with van der Waals surface area (Å²) in [5.74, 6) is -3.60. The minimum atomic E-state index is -5.50. The molecule has 338 valence electrons. The molecule has 0 unspecified atom stereocenters. The zero-order valence-electron chi connectivity index (χ0n) is 33.8. The second-order valence-electron chi connectivity index (χ2n) is 16.9. The average molecular weight is 971 g/mol. The Hall–Kier alpha value is -3.57. The van der Waals surface area contributed by atoms with Crippen molar-refractivity contribution < 1.29 is 74.8 Å². The topological polar surface area (TPSA) is 327 Å². The van der Waals surface area contributed by atoms with Crippen molar-refractivity contribution in [2.24, 2.45) is 0 Å². The molecule has 3 aliphatic heterocycles. The van der Waals surface area contributed by atoms with Crippen molar-refractivity contribution in [3.63, 3.8) is 0 Å². The van der Waals surface area contributed by atoms with Crippen LogP contribution < -0.4 is 35.7 Å². The fourth-order valence-corrected chi connectivity index (χ4v) is 15.0. The molecule has 3 aliphatic rings. The summed E-state index contributed by atoms with van der Waals surface area (Å²) in [5, 5.41) is 13.8. The normalized spacial score (nSPS) is 18.4. The number of hydrogen-bond acceptors (Lipinski definition) is 13. The van der Waals surface area contributed by atoms with E-state index in [0.29, 0.717) is 16.1 Å². The third-order valence-corrected chi connectivity index (χ3v) is 19.7. The minimum Gasteiger partial charge on any atom is -0.481 e. The van der Waals surface area contributed by atoms with Crippen molar-refractivity contribution in [3.8, 4) is 0 Å². The van der Waals surface area contributed by atoms with E-state index in [0.717, 1.165) is 0 Å². The van der Waals surface area contributed by atoms with Crippen LogP contribution >= 0.6 is 0 Å². The molecule has 2 aromatic rings. The number of carbonyl (C=O) groups is 1. The van der Waals surface area contributed by atoms with Crippen LogP contribution in [-0.2, 0) is 55.4 Å². The first-order chi connectivity index (χ1) is 27.4. The zero-order valence-corrected chi connectivity index (χ0v) is 38.9. The molecule has 26 heteroatoms. The molecule has 0 saturated heterocycles. The Morgan fingerprint density at radius 3 is 1.82 bits per heavy atom. The van der Waals surface area contributed by atoms with Crippen molar-refractivity contribution in [3.05, 3.63) is 63.7 Å². The number of benzene rings is 2. The summed E-state index contributed by atoms with van der Waals surface area (Å²) in [4.78, 5) is 13.4. The minimum absolute atomic E-state index is 0.0336. The monoisotopic (exact) mass is 970 g/mol. The highest BCUT2D eigenvalue weighted by Gasteiger charge is 2.44. The Bertz CT molecular complexity index is 2960. The Labute approximate surface area is 355 Å². The van der Waals surface area contributed by atoms with Gasteiger partial charge in [0, 0.05) is 49.8 Å². The molecular weight excluding hydrogens is 923 g/mol. The second-order valence-corrected chi connectivity index (χ2v) is 29.2. The molecule has 0 atom stereocenters. The van der Waals surface area contributed by atoms with E-state index in [9.17, 15) is 74.8 Å². The van der Waals surface area contributed by atoms with Crippen molar-refractivity contribution in [1.82, 2.24) is 9.89 Å². The molecule has 3 heterocycles. The molecule has 0 amide bonds. The number of rotatable bonds is 16. The van der Waals surface area contributed by atoms with E-state index in [-0.39, 0.29) is 70.0 Å². The van der Waals surface area contributed by atoms with Crippen LogP contribution in [0, 0.1) is 0 Å². The van der Waals surface area contributed by atoms with Gasteiger partial charge in [0.2, 0.25) is 9.94 Å². The summed E-state index contributed by atoms with van der Waals surface area (Å²) in [6.45, 7) is 9.32. The van der Waals surface area contributed by atoms with Crippen molar-refractivity contribution in [2.75, 3.05) is 41.8 Å². The molecule has 0 aliphatic carbocycles. The third-order valence-electron chi connectivity index (χ3n) is 11.0. The van der Waals surface area contributed by atoms with Gasteiger partial charge in [0.05, 0.1) is 17.6 Å². The average Bonchev–Trinajstić information content (AvgIpc) is 3.03. The summed E-state index contributed by atoms with van der Waals surface area (Å²) in [6, 6.07) is 6.41. The van der Waals surface area contributed by atoms with Crippen LogP contribution in [0.25, 0.3) is 16.8 Å². The van der Waals surface area contributed by atoms with Gasteiger partial charge >= 0.3 is 5.97 Å². The van der Waals surface area contributed by atoms with Crippen LogP contribution in [0.3, 0.4) is 0 Å². The van der Waals surface area contributed by atoms with E-state index in [2.05, 4.69) is 5.32 Å². The van der Waals surface area contributed by atoms with Crippen LogP contribution in [0.4, 0.5) is 5.69 Å². The molecule has 20 nitrogen and oxygen atoms in total. The summed E-state index contributed by atoms with van der Waals surface area (Å²) in [7, 11) is -28.1. The zero-order chi connectivity index (χ0) is 46.3. The predicted molar refractivity (Wildman–Crippen MR) is 230 cm³/mol. The van der Waals surface area contributed by atoms with Gasteiger partial charge in [0.15, 0.2) is 12.1 Å². The number of aliphatic carboxylic acids is 1. The summed E-state index contributed by atoms with van der Waals surface area (Å²) in [5.41, 5.74) is -0.905. The number of nitrogens with one attached hydrogen (secondary N) is 1. The molecule has 0 radical (unpaired) electrons. The molecule has 7 N–H and O–H groups in total. The first-order valence-electron chi connectivity index (χ1n) is 18.4. The van der Waals surface area contributed by atoms with Crippen LogP contribution in [0.15, 0.2) is 36.4 Å². The fourth-order valence-electron chi connectivity index (χ4n) is 8.44. The fraction of sp³-hybridized carbons (Fsp3) is 0.486. The lowest BCUT2D eigenvalue weighted by Gasteiger charge is -2.45. The van der Waals surface area contributed by atoms with E-state index >= 15 is 0 Å². The van der Waals surface area contributed by atoms with Gasteiger partial charge in [0.1, 0.15) is 25.3 Å². The maximum atomic E-state index is 12.4. The molecule has 5 rings (SSSR count). The van der Waals surface area contributed by atoms with Gasteiger partial charge in [-0.25, -0.2) is 4.58 Å². The number of anilines is 1. The maximum Gasteiger partial charge on any atom is 0.303 e. The smallest absolute Gasteiger partial charge is 0.303 e. The molecule has 2 aromatic carbocycles. The van der Waals surface area contributed by atoms with Gasteiger partial charge in [-0.15, -0.1) is 0 Å². The lowest BCUT2D eigenvalue weighted by Crippen LogP contribution is -2.66. The van der Waals surface area contributed by atoms with Gasteiger partial charge in [0.25, 0.3) is 50.6 Å². The maximum absolute atomic E-state index is 12.4. The number of carboxylic acids is 1. The molecule has 0 fully saturated rings. The van der Waals surface area contributed by atoms with Crippen molar-refractivity contribution >= 4 is 97.5 Å². The first-order valence-corrected chi connectivity index (χ1v) is 29.2. The number of nitrogens with zero attached hydrogens (tertiary/aromatic N) is 2. The highest BCUT2D eigenvalue weighted by atomic mass is 32.3. The molecule has 61 heavy (non-hydrogen) atoms. The second kappa shape index (κ2) is 15.9. The first kappa shape index (κ1) is 48.5. The number of fused-ring (bicyclic) bond motifs is 4. The third kappa shape index (κ3) is 10.6. The highest BCUT2D eigenvalue weighted by Crippen LogP contribution is 2.41. The lowest BCUT2D eigenvalue weighted by molar-refractivity contribution is -0.137. The Morgan fingerprint density at radius 1 is 0.754 bits per heavy atom. The van der Waals surface area contributed by atoms with Crippen LogP contribution in [-0.4, -0.2) is 137 Å². The number of carboxylic acid groups (broad SMARTS) is 1. The van der Waals surface area contributed by atoms with Crippen LogP contribution in [0.5, 0.6) is 0 Å². The van der Waals surface area contributed by atoms with Crippen molar-refractivity contribution in [1.29, 1.82) is 0 Å². The van der Waals surface area contributed by atoms with Gasteiger partial charge < -0.3 is 15.3 Å². The lowest BCUT2D eigenvalue weighted by atomic mass is 9.86. The summed E-state index contributed by atoms with van der Waals surface area (Å²) >= 11 is 0. The van der Waals surface area contributed by atoms with Gasteiger partial charge in [-0.1, -0.05) is 19.2 Å². The van der Waals surface area contributed by atoms with Gasteiger partial charge in [-0.05, 0) is 76.8 Å². The predicted octanol–water partition coefficient (Wildman–Crippen LogP) is -1.15. The summed E-state index contributed by atoms with van der Waals surface area (Å²) < 4.78 is 171. The SMILES string of the molecule is CC1(C)C=C(CS(=O)(=O)O)c2cc3c(cc2N1CCCC(=O)O)[Si](C)(C)c1cc2c(cc1=C3NCC(S(=O)(=O)O)S(=O)(=O)O)C(CS(=O)(=O)O)=CC(C)(C)[N+]=2CCS(=O)(=O)O. The highest BCUT2D eigenvalue weighted by molar-refractivity contribution is 8.04. The Morgan fingerprint density at radius 2 is 1.31 bits per heavy atom. The van der Waals surface area contributed by atoms with E-state index in [1.165, 1.54) is 18.2 Å². The molecule has 0 bridgehead atoms. The van der Waals surface area contributed by atoms with E-state index in [1.807, 2.05) is 18.0 Å².